The Kier molecular flexibility index (Phi) is 5.03. The monoisotopic (exact) mass is 360 g/mol. The summed E-state index contributed by atoms with van der Waals surface area (Å²) in [5.41, 5.74) is 4.66. The van der Waals surface area contributed by atoms with Crippen molar-refractivity contribution in [3.8, 4) is 11.3 Å². The molecule has 1 fully saturated rings. The van der Waals surface area contributed by atoms with Gasteiger partial charge in [-0.3, -0.25) is 9.48 Å². The van der Waals surface area contributed by atoms with Crippen LogP contribution in [0.25, 0.3) is 11.3 Å². The lowest BCUT2D eigenvalue weighted by Crippen LogP contribution is -2.48. The Labute approximate surface area is 159 Å². The van der Waals surface area contributed by atoms with Gasteiger partial charge in [0.25, 0.3) is 5.91 Å². The lowest BCUT2D eigenvalue weighted by atomic mass is 10.0. The van der Waals surface area contributed by atoms with Gasteiger partial charge in [-0.05, 0) is 12.5 Å². The first-order valence-corrected chi connectivity index (χ1v) is 9.36. The van der Waals surface area contributed by atoms with Crippen LogP contribution in [0, 0.1) is 12.8 Å². The van der Waals surface area contributed by atoms with E-state index in [0.29, 0.717) is 24.6 Å². The summed E-state index contributed by atoms with van der Waals surface area (Å²) in [6, 6.07) is 18.3. The van der Waals surface area contributed by atoms with Crippen LogP contribution in [0.2, 0.25) is 0 Å². The number of benzene rings is 2. The molecule has 0 unspecified atom stereocenters. The summed E-state index contributed by atoms with van der Waals surface area (Å²) < 4.78 is 1.85. The van der Waals surface area contributed by atoms with Gasteiger partial charge in [0, 0.05) is 37.3 Å². The number of aryl methyl sites for hydroxylation is 1. The molecule has 0 bridgehead atoms. The zero-order valence-corrected chi connectivity index (χ0v) is 15.5. The molecule has 1 aliphatic rings. The Balaban J connectivity index is 1.61. The first-order chi connectivity index (χ1) is 13.2. The van der Waals surface area contributed by atoms with Crippen LogP contribution in [-0.2, 0) is 6.54 Å². The number of hydrogen-bond donors (Lipinski definition) is 2. The summed E-state index contributed by atoms with van der Waals surface area (Å²) in [6.07, 6.45) is 1.86. The minimum Gasteiger partial charge on any atom is -0.352 e. The van der Waals surface area contributed by atoms with Crippen molar-refractivity contribution >= 4 is 5.91 Å². The molecule has 2 heterocycles. The molecule has 0 radical (unpaired) electrons. The van der Waals surface area contributed by atoms with Gasteiger partial charge in [0.2, 0.25) is 0 Å². The van der Waals surface area contributed by atoms with E-state index < -0.39 is 0 Å². The highest BCUT2D eigenvalue weighted by atomic mass is 16.1. The van der Waals surface area contributed by atoms with Crippen LogP contribution >= 0.6 is 0 Å². The predicted molar refractivity (Wildman–Crippen MR) is 107 cm³/mol. The lowest BCUT2D eigenvalue weighted by Gasteiger charge is -2.27. The van der Waals surface area contributed by atoms with Crippen LogP contribution < -0.4 is 10.6 Å². The van der Waals surface area contributed by atoms with E-state index in [4.69, 9.17) is 5.10 Å². The molecule has 0 saturated carbocycles. The molecule has 2 aromatic carbocycles. The van der Waals surface area contributed by atoms with Crippen molar-refractivity contribution in [1.82, 2.24) is 20.4 Å². The average molecular weight is 360 g/mol. The number of carbonyl (C=O) groups is 1. The molecular weight excluding hydrogens is 336 g/mol. The van der Waals surface area contributed by atoms with Crippen molar-refractivity contribution in [2.45, 2.75) is 13.5 Å². The van der Waals surface area contributed by atoms with E-state index in [9.17, 15) is 4.79 Å². The fourth-order valence-electron chi connectivity index (χ4n) is 3.19. The predicted octanol–water partition coefficient (Wildman–Crippen LogP) is 2.86. The number of rotatable bonds is 6. The highest BCUT2D eigenvalue weighted by Crippen LogP contribution is 2.23. The van der Waals surface area contributed by atoms with Gasteiger partial charge in [0.1, 0.15) is 5.69 Å². The van der Waals surface area contributed by atoms with E-state index in [1.807, 2.05) is 53.3 Å². The Morgan fingerprint density at radius 1 is 1.15 bits per heavy atom. The van der Waals surface area contributed by atoms with Crippen LogP contribution in [0.15, 0.2) is 60.8 Å². The highest BCUT2D eigenvalue weighted by Gasteiger charge is 2.21. The maximum absolute atomic E-state index is 12.8. The molecule has 1 aromatic heterocycles. The molecule has 1 amide bonds. The van der Waals surface area contributed by atoms with Gasteiger partial charge >= 0.3 is 0 Å². The Morgan fingerprint density at radius 2 is 1.89 bits per heavy atom. The summed E-state index contributed by atoms with van der Waals surface area (Å²) in [7, 11) is 0. The van der Waals surface area contributed by atoms with Gasteiger partial charge in [0.05, 0.1) is 12.1 Å². The molecule has 2 N–H and O–H groups in total. The van der Waals surface area contributed by atoms with Crippen LogP contribution in [0.1, 0.15) is 21.5 Å². The Morgan fingerprint density at radius 3 is 2.56 bits per heavy atom. The smallest absolute Gasteiger partial charge is 0.255 e. The highest BCUT2D eigenvalue weighted by molar-refractivity contribution is 5.99. The van der Waals surface area contributed by atoms with Gasteiger partial charge in [-0.15, -0.1) is 0 Å². The molecule has 27 heavy (non-hydrogen) atoms. The molecule has 5 nitrogen and oxygen atoms in total. The second kappa shape index (κ2) is 7.76. The van der Waals surface area contributed by atoms with E-state index in [1.54, 1.807) is 0 Å². The maximum atomic E-state index is 12.8. The SMILES string of the molecule is Cc1ccc(-c2nn(Cc3ccccc3)cc2C(=O)NCC2CNC2)cc1. The standard InChI is InChI=1S/C22H24N4O/c1-16-7-9-19(10-8-16)21-20(22(27)24-13-18-11-23-12-18)15-26(25-21)14-17-5-3-2-4-6-17/h2-10,15,18,23H,11-14H2,1H3,(H,24,27). The zero-order valence-electron chi connectivity index (χ0n) is 15.5. The third-order valence-corrected chi connectivity index (χ3v) is 4.94. The quantitative estimate of drug-likeness (QED) is 0.711. The van der Waals surface area contributed by atoms with Crippen LogP contribution in [0.3, 0.4) is 0 Å². The maximum Gasteiger partial charge on any atom is 0.255 e. The number of nitrogens with zero attached hydrogens (tertiary/aromatic N) is 2. The molecule has 0 aliphatic carbocycles. The second-order valence-electron chi connectivity index (χ2n) is 7.17. The van der Waals surface area contributed by atoms with Crippen LogP contribution in [-0.4, -0.2) is 35.3 Å². The molecular formula is C22H24N4O. The van der Waals surface area contributed by atoms with Crippen molar-refractivity contribution in [3.05, 3.63) is 77.5 Å². The first-order valence-electron chi connectivity index (χ1n) is 9.36. The molecule has 138 valence electrons. The van der Waals surface area contributed by atoms with Crippen molar-refractivity contribution in [2.24, 2.45) is 5.92 Å². The third kappa shape index (κ3) is 4.09. The van der Waals surface area contributed by atoms with E-state index in [2.05, 4.69) is 29.7 Å². The molecule has 1 saturated heterocycles. The Hall–Kier alpha value is -2.92. The van der Waals surface area contributed by atoms with E-state index >= 15 is 0 Å². The number of aromatic nitrogens is 2. The topological polar surface area (TPSA) is 59.0 Å². The first kappa shape index (κ1) is 17.5. The normalized spacial score (nSPS) is 14.0. The molecule has 4 rings (SSSR count). The van der Waals surface area contributed by atoms with Gasteiger partial charge in [0.15, 0.2) is 0 Å². The minimum absolute atomic E-state index is 0.0585. The second-order valence-corrected chi connectivity index (χ2v) is 7.17. The fraction of sp³-hybridized carbons (Fsp3) is 0.273. The van der Waals surface area contributed by atoms with Gasteiger partial charge in [-0.25, -0.2) is 0 Å². The fourth-order valence-corrected chi connectivity index (χ4v) is 3.19. The molecule has 3 aromatic rings. The van der Waals surface area contributed by atoms with E-state index in [1.165, 1.54) is 5.56 Å². The summed E-state index contributed by atoms with van der Waals surface area (Å²) in [5, 5.41) is 11.0. The number of amides is 1. The number of hydrogen-bond acceptors (Lipinski definition) is 3. The molecule has 0 atom stereocenters. The van der Waals surface area contributed by atoms with Gasteiger partial charge in [-0.1, -0.05) is 60.2 Å². The number of carbonyl (C=O) groups excluding carboxylic acids is 1. The largest absolute Gasteiger partial charge is 0.352 e. The third-order valence-electron chi connectivity index (χ3n) is 4.94. The van der Waals surface area contributed by atoms with Crippen molar-refractivity contribution < 1.29 is 4.79 Å². The molecule has 5 heteroatoms. The molecule has 0 spiro atoms. The van der Waals surface area contributed by atoms with Crippen LogP contribution in [0.5, 0.6) is 0 Å². The van der Waals surface area contributed by atoms with Crippen molar-refractivity contribution in [2.75, 3.05) is 19.6 Å². The van der Waals surface area contributed by atoms with Crippen molar-refractivity contribution in [1.29, 1.82) is 0 Å². The summed E-state index contributed by atoms with van der Waals surface area (Å²) in [6.45, 7) is 5.33. The lowest BCUT2D eigenvalue weighted by molar-refractivity contribution is 0.0942. The average Bonchev–Trinajstić information content (AvgIpc) is 3.05. The Bertz CT molecular complexity index is 911. The van der Waals surface area contributed by atoms with Crippen molar-refractivity contribution in [3.63, 3.8) is 0 Å². The van der Waals surface area contributed by atoms with E-state index in [-0.39, 0.29) is 5.91 Å². The van der Waals surface area contributed by atoms with Gasteiger partial charge in [-0.2, -0.15) is 5.10 Å². The molecule has 1 aliphatic heterocycles. The van der Waals surface area contributed by atoms with E-state index in [0.717, 1.165) is 29.9 Å². The number of nitrogens with one attached hydrogen (secondary N) is 2. The summed E-state index contributed by atoms with van der Waals surface area (Å²) in [5.74, 6) is 0.466. The minimum atomic E-state index is -0.0585. The van der Waals surface area contributed by atoms with Crippen LogP contribution in [0.4, 0.5) is 0 Å². The van der Waals surface area contributed by atoms with Gasteiger partial charge < -0.3 is 10.6 Å². The summed E-state index contributed by atoms with van der Waals surface area (Å²) >= 11 is 0. The summed E-state index contributed by atoms with van der Waals surface area (Å²) in [4.78, 5) is 12.8. The zero-order chi connectivity index (χ0) is 18.6.